The zero-order valence-corrected chi connectivity index (χ0v) is 15.6. The molecule has 1 aromatic rings. The number of hydrogen-bond acceptors (Lipinski definition) is 5. The van der Waals surface area contributed by atoms with Crippen LogP contribution in [0.5, 0.6) is 5.75 Å². The molecule has 26 heavy (non-hydrogen) atoms. The zero-order valence-electron chi connectivity index (χ0n) is 15.6. The highest BCUT2D eigenvalue weighted by Gasteiger charge is 2.50. The van der Waals surface area contributed by atoms with E-state index >= 15 is 0 Å². The molecule has 0 aliphatic carbocycles. The van der Waals surface area contributed by atoms with Crippen molar-refractivity contribution in [2.24, 2.45) is 0 Å². The summed E-state index contributed by atoms with van der Waals surface area (Å²) in [5.41, 5.74) is 1.14. The smallest absolute Gasteiger partial charge is 0.335 e. The van der Waals surface area contributed by atoms with Crippen molar-refractivity contribution in [1.29, 1.82) is 0 Å². The molecule has 0 saturated carbocycles. The molecule has 1 spiro atoms. The van der Waals surface area contributed by atoms with Crippen LogP contribution >= 0.6 is 0 Å². The van der Waals surface area contributed by atoms with Gasteiger partial charge in [0.2, 0.25) is 0 Å². The van der Waals surface area contributed by atoms with Crippen LogP contribution in [0.2, 0.25) is 0 Å². The summed E-state index contributed by atoms with van der Waals surface area (Å²) >= 11 is 0. The van der Waals surface area contributed by atoms with E-state index in [1.807, 2.05) is 24.3 Å². The topological polar surface area (TPSA) is 67.9 Å². The second kappa shape index (κ2) is 7.50. The summed E-state index contributed by atoms with van der Waals surface area (Å²) in [6.45, 7) is 6.81. The van der Waals surface area contributed by atoms with Crippen molar-refractivity contribution in [3.05, 3.63) is 41.0 Å². The molecule has 3 rings (SSSR count). The Morgan fingerprint density at radius 2 is 1.92 bits per heavy atom. The molecule has 140 valence electrons. The van der Waals surface area contributed by atoms with Crippen LogP contribution in [-0.2, 0) is 20.9 Å². The molecular weight excluding hydrogens is 332 g/mol. The highest BCUT2D eigenvalue weighted by molar-refractivity contribution is 6.07. The van der Waals surface area contributed by atoms with Gasteiger partial charge in [-0.1, -0.05) is 19.1 Å². The Hall–Kier alpha value is -2.34. The minimum atomic E-state index is -0.767. The standard InChI is InChI=1S/C20H26N2O4/c1-4-22-11-9-20(10-12-22)17(14(2)19(24)26-20)18(23)21-13-15-5-7-16(25-3)8-6-15/h5-8H,4,9-13H2,1-3H3,(H,21,23). The summed E-state index contributed by atoms with van der Waals surface area (Å²) < 4.78 is 10.8. The van der Waals surface area contributed by atoms with Gasteiger partial charge in [-0.15, -0.1) is 0 Å². The first-order chi connectivity index (χ1) is 12.5. The molecule has 1 fully saturated rings. The molecular formula is C20H26N2O4. The van der Waals surface area contributed by atoms with Gasteiger partial charge in [0.25, 0.3) is 5.91 Å². The summed E-state index contributed by atoms with van der Waals surface area (Å²) in [4.78, 5) is 27.4. The number of carbonyl (C=O) groups excluding carboxylic acids is 2. The van der Waals surface area contributed by atoms with Crippen LogP contribution in [0.1, 0.15) is 32.3 Å². The van der Waals surface area contributed by atoms with E-state index in [1.165, 1.54) is 0 Å². The number of ether oxygens (including phenoxy) is 2. The zero-order chi connectivity index (χ0) is 18.7. The second-order valence-corrected chi connectivity index (χ2v) is 6.85. The number of likely N-dealkylation sites (tertiary alicyclic amines) is 1. The Morgan fingerprint density at radius 1 is 1.27 bits per heavy atom. The van der Waals surface area contributed by atoms with Gasteiger partial charge in [-0.05, 0) is 31.2 Å². The van der Waals surface area contributed by atoms with E-state index in [1.54, 1.807) is 14.0 Å². The Morgan fingerprint density at radius 3 is 2.50 bits per heavy atom. The lowest BCUT2D eigenvalue weighted by molar-refractivity contribution is -0.150. The number of rotatable bonds is 5. The molecule has 2 aliphatic rings. The Kier molecular flexibility index (Phi) is 5.32. The molecule has 2 aliphatic heterocycles. The van der Waals surface area contributed by atoms with Crippen LogP contribution in [0.15, 0.2) is 35.4 Å². The van der Waals surface area contributed by atoms with E-state index in [4.69, 9.17) is 9.47 Å². The van der Waals surface area contributed by atoms with Crippen molar-refractivity contribution < 1.29 is 19.1 Å². The fourth-order valence-corrected chi connectivity index (χ4v) is 3.72. The number of amides is 1. The normalized spacial score (nSPS) is 19.6. The van der Waals surface area contributed by atoms with E-state index in [-0.39, 0.29) is 11.9 Å². The van der Waals surface area contributed by atoms with Gasteiger partial charge in [-0.3, -0.25) is 4.79 Å². The largest absolute Gasteiger partial charge is 0.497 e. The van der Waals surface area contributed by atoms with Crippen LogP contribution in [0, 0.1) is 0 Å². The number of piperidine rings is 1. The third kappa shape index (κ3) is 3.46. The van der Waals surface area contributed by atoms with Crippen LogP contribution < -0.4 is 10.1 Å². The molecule has 1 amide bonds. The lowest BCUT2D eigenvalue weighted by atomic mass is 9.82. The van der Waals surface area contributed by atoms with Crippen molar-refractivity contribution in [1.82, 2.24) is 10.2 Å². The molecule has 1 aromatic carbocycles. The van der Waals surface area contributed by atoms with Gasteiger partial charge < -0.3 is 19.7 Å². The summed E-state index contributed by atoms with van der Waals surface area (Å²) in [5.74, 6) is 0.189. The fraction of sp³-hybridized carbons (Fsp3) is 0.500. The molecule has 1 saturated heterocycles. The Labute approximate surface area is 154 Å². The van der Waals surface area contributed by atoms with E-state index in [0.29, 0.717) is 30.5 Å². The number of carbonyl (C=O) groups is 2. The summed E-state index contributed by atoms with van der Waals surface area (Å²) in [5, 5.41) is 2.94. The van der Waals surface area contributed by atoms with E-state index in [0.717, 1.165) is 30.9 Å². The summed E-state index contributed by atoms with van der Waals surface area (Å²) in [6, 6.07) is 7.53. The van der Waals surface area contributed by atoms with Crippen LogP contribution in [0.25, 0.3) is 0 Å². The first-order valence-electron chi connectivity index (χ1n) is 9.07. The predicted octanol–water partition coefficient (Wildman–Crippen LogP) is 2.04. The number of hydrogen-bond donors (Lipinski definition) is 1. The maximum atomic E-state index is 12.9. The van der Waals surface area contributed by atoms with Gasteiger partial charge in [-0.25, -0.2) is 4.79 Å². The average Bonchev–Trinajstić information content (AvgIpc) is 2.90. The van der Waals surface area contributed by atoms with Crippen molar-refractivity contribution in [3.8, 4) is 5.75 Å². The third-order valence-corrected chi connectivity index (χ3v) is 5.38. The van der Waals surface area contributed by atoms with Gasteiger partial charge in [0.05, 0.1) is 12.7 Å². The minimum Gasteiger partial charge on any atom is -0.497 e. The van der Waals surface area contributed by atoms with E-state index in [2.05, 4.69) is 17.1 Å². The van der Waals surface area contributed by atoms with Crippen molar-refractivity contribution in [3.63, 3.8) is 0 Å². The predicted molar refractivity (Wildman–Crippen MR) is 97.7 cm³/mol. The lowest BCUT2D eigenvalue weighted by Crippen LogP contribution is -2.48. The molecule has 0 atom stereocenters. The van der Waals surface area contributed by atoms with Gasteiger partial charge in [-0.2, -0.15) is 0 Å². The quantitative estimate of drug-likeness (QED) is 0.816. The third-order valence-electron chi connectivity index (χ3n) is 5.38. The minimum absolute atomic E-state index is 0.214. The monoisotopic (exact) mass is 358 g/mol. The molecule has 6 nitrogen and oxygen atoms in total. The van der Waals surface area contributed by atoms with Gasteiger partial charge in [0.15, 0.2) is 0 Å². The SMILES string of the molecule is CCN1CCC2(CC1)OC(=O)C(C)=C2C(=O)NCc1ccc(OC)cc1. The van der Waals surface area contributed by atoms with Crippen LogP contribution in [-0.4, -0.2) is 49.1 Å². The van der Waals surface area contributed by atoms with Crippen LogP contribution in [0.3, 0.4) is 0 Å². The van der Waals surface area contributed by atoms with E-state index in [9.17, 15) is 9.59 Å². The van der Waals surface area contributed by atoms with Crippen molar-refractivity contribution in [2.45, 2.75) is 38.8 Å². The van der Waals surface area contributed by atoms with E-state index < -0.39 is 5.60 Å². The molecule has 2 heterocycles. The van der Waals surface area contributed by atoms with Gasteiger partial charge >= 0.3 is 5.97 Å². The Bertz CT molecular complexity index is 716. The average molecular weight is 358 g/mol. The number of nitrogens with one attached hydrogen (secondary N) is 1. The number of nitrogens with zero attached hydrogens (tertiary/aromatic N) is 1. The molecule has 1 N–H and O–H groups in total. The fourth-order valence-electron chi connectivity index (χ4n) is 3.72. The summed E-state index contributed by atoms with van der Waals surface area (Å²) in [6.07, 6.45) is 1.32. The summed E-state index contributed by atoms with van der Waals surface area (Å²) in [7, 11) is 1.62. The van der Waals surface area contributed by atoms with Crippen molar-refractivity contribution >= 4 is 11.9 Å². The maximum Gasteiger partial charge on any atom is 0.335 e. The molecule has 0 radical (unpaired) electrons. The van der Waals surface area contributed by atoms with Gasteiger partial charge in [0, 0.05) is 38.0 Å². The molecule has 0 unspecified atom stereocenters. The van der Waals surface area contributed by atoms with Gasteiger partial charge in [0.1, 0.15) is 11.4 Å². The van der Waals surface area contributed by atoms with Crippen molar-refractivity contribution in [2.75, 3.05) is 26.7 Å². The first kappa shape index (κ1) is 18.5. The number of esters is 1. The first-order valence-corrected chi connectivity index (χ1v) is 9.07. The molecule has 6 heteroatoms. The second-order valence-electron chi connectivity index (χ2n) is 6.85. The van der Waals surface area contributed by atoms with Crippen LogP contribution in [0.4, 0.5) is 0 Å². The Balaban J connectivity index is 1.72. The molecule has 0 aromatic heterocycles. The number of benzene rings is 1. The maximum absolute atomic E-state index is 12.9. The highest BCUT2D eigenvalue weighted by Crippen LogP contribution is 2.41. The lowest BCUT2D eigenvalue weighted by Gasteiger charge is -2.39. The highest BCUT2D eigenvalue weighted by atomic mass is 16.6. The molecule has 0 bridgehead atoms. The number of methoxy groups -OCH3 is 1.